The van der Waals surface area contributed by atoms with Gasteiger partial charge in [-0.05, 0) is 24.2 Å². The van der Waals surface area contributed by atoms with Gasteiger partial charge in [0.2, 0.25) is 11.0 Å². The van der Waals surface area contributed by atoms with E-state index in [-0.39, 0.29) is 22.1 Å². The van der Waals surface area contributed by atoms with Crippen LogP contribution in [0.1, 0.15) is 26.7 Å². The molecule has 0 spiro atoms. The van der Waals surface area contributed by atoms with E-state index in [1.165, 1.54) is 6.33 Å². The second-order valence-electron chi connectivity index (χ2n) is 4.99. The maximum absolute atomic E-state index is 10.9. The molecule has 2 rings (SSSR count). The van der Waals surface area contributed by atoms with Crippen molar-refractivity contribution in [3.05, 3.63) is 21.6 Å². The van der Waals surface area contributed by atoms with Gasteiger partial charge in [0, 0.05) is 6.54 Å². The first kappa shape index (κ1) is 13.0. The predicted octanol–water partition coefficient (Wildman–Crippen LogP) is 2.89. The summed E-state index contributed by atoms with van der Waals surface area (Å²) in [7, 11) is 0. The zero-order valence-electron chi connectivity index (χ0n) is 10.3. The number of nitro groups is 1. The summed E-state index contributed by atoms with van der Waals surface area (Å²) in [5, 5.41) is 13.8. The average Bonchev–Trinajstić information content (AvgIpc) is 3.06. The number of anilines is 1. The van der Waals surface area contributed by atoms with E-state index in [9.17, 15) is 10.1 Å². The number of nitrogens with zero attached hydrogens (tertiary/aromatic N) is 3. The Morgan fingerprint density at radius 2 is 2.22 bits per heavy atom. The molecule has 1 heterocycles. The Labute approximate surface area is 110 Å². The summed E-state index contributed by atoms with van der Waals surface area (Å²) in [6, 6.07) is 0. The lowest BCUT2D eigenvalue weighted by Gasteiger charge is -2.20. The first-order chi connectivity index (χ1) is 8.46. The minimum Gasteiger partial charge on any atom is -0.364 e. The summed E-state index contributed by atoms with van der Waals surface area (Å²) in [5.74, 6) is 0.744. The zero-order chi connectivity index (χ0) is 13.3. The predicted molar refractivity (Wildman–Crippen MR) is 68.7 cm³/mol. The molecular weight excluding hydrogens is 256 g/mol. The van der Waals surface area contributed by atoms with Crippen molar-refractivity contribution in [1.82, 2.24) is 9.97 Å². The van der Waals surface area contributed by atoms with Gasteiger partial charge in [0.05, 0.1) is 4.92 Å². The molecule has 0 saturated heterocycles. The van der Waals surface area contributed by atoms with Crippen LogP contribution >= 0.6 is 11.6 Å². The van der Waals surface area contributed by atoms with Gasteiger partial charge in [0.15, 0.2) is 0 Å². The quantitative estimate of drug-likeness (QED) is 0.505. The average molecular weight is 271 g/mol. The van der Waals surface area contributed by atoms with Crippen molar-refractivity contribution < 1.29 is 4.92 Å². The van der Waals surface area contributed by atoms with Crippen LogP contribution in [0.2, 0.25) is 5.15 Å². The monoisotopic (exact) mass is 270 g/mol. The Morgan fingerprint density at radius 3 is 2.72 bits per heavy atom. The maximum Gasteiger partial charge on any atom is 0.348 e. The summed E-state index contributed by atoms with van der Waals surface area (Å²) in [4.78, 5) is 17.9. The molecule has 1 aromatic heterocycles. The van der Waals surface area contributed by atoms with Crippen molar-refractivity contribution in [3.63, 3.8) is 0 Å². The third kappa shape index (κ3) is 2.38. The van der Waals surface area contributed by atoms with E-state index in [0.717, 1.165) is 12.8 Å². The molecule has 0 aliphatic heterocycles. The molecule has 7 heteroatoms. The van der Waals surface area contributed by atoms with Gasteiger partial charge in [-0.1, -0.05) is 25.4 Å². The summed E-state index contributed by atoms with van der Waals surface area (Å²) in [6.45, 7) is 5.00. The topological polar surface area (TPSA) is 81.0 Å². The number of rotatable bonds is 5. The molecule has 18 heavy (non-hydrogen) atoms. The fraction of sp³-hybridized carbons (Fsp3) is 0.636. The van der Waals surface area contributed by atoms with Crippen LogP contribution in [0.25, 0.3) is 0 Å². The van der Waals surface area contributed by atoms with Gasteiger partial charge >= 0.3 is 5.69 Å². The van der Waals surface area contributed by atoms with Gasteiger partial charge in [-0.15, -0.1) is 0 Å². The van der Waals surface area contributed by atoms with E-state index in [4.69, 9.17) is 11.6 Å². The second kappa shape index (κ2) is 4.68. The van der Waals surface area contributed by atoms with Crippen LogP contribution < -0.4 is 5.32 Å². The molecular formula is C11H15ClN4O2. The van der Waals surface area contributed by atoms with Crippen LogP contribution in [0.3, 0.4) is 0 Å². The smallest absolute Gasteiger partial charge is 0.348 e. The Morgan fingerprint density at radius 1 is 1.56 bits per heavy atom. The van der Waals surface area contributed by atoms with Crippen molar-refractivity contribution >= 4 is 23.1 Å². The normalized spacial score (nSPS) is 16.7. The van der Waals surface area contributed by atoms with E-state index in [2.05, 4.69) is 29.1 Å². The molecule has 0 unspecified atom stereocenters. The van der Waals surface area contributed by atoms with Crippen molar-refractivity contribution in [2.45, 2.75) is 26.7 Å². The molecule has 1 N–H and O–H groups in total. The minimum absolute atomic E-state index is 0.133. The molecule has 98 valence electrons. The van der Waals surface area contributed by atoms with E-state index in [1.807, 2.05) is 0 Å². The van der Waals surface area contributed by atoms with Gasteiger partial charge in [0.25, 0.3) is 0 Å². The van der Waals surface area contributed by atoms with Gasteiger partial charge in [-0.25, -0.2) is 9.97 Å². The highest BCUT2D eigenvalue weighted by Crippen LogP contribution is 2.51. The Bertz CT molecular complexity index is 474. The molecule has 1 aliphatic carbocycles. The number of nitrogens with one attached hydrogen (secondary N) is 1. The maximum atomic E-state index is 10.9. The lowest BCUT2D eigenvalue weighted by molar-refractivity contribution is -0.384. The van der Waals surface area contributed by atoms with Crippen molar-refractivity contribution in [3.8, 4) is 0 Å². The third-order valence-electron chi connectivity index (χ3n) is 3.69. The molecule has 0 atom stereocenters. The summed E-state index contributed by atoms with van der Waals surface area (Å²) < 4.78 is 0. The standard InChI is InChI=1S/C11H15ClN4O2/c1-7(2)11(3-4-11)5-13-10-8(16(17)18)9(12)14-6-15-10/h6-7H,3-5H2,1-2H3,(H,13,14,15). The number of hydrogen-bond acceptors (Lipinski definition) is 5. The second-order valence-corrected chi connectivity index (χ2v) is 5.35. The van der Waals surface area contributed by atoms with Gasteiger partial charge in [-0.3, -0.25) is 10.1 Å². The number of halogens is 1. The fourth-order valence-corrected chi connectivity index (χ4v) is 2.23. The van der Waals surface area contributed by atoms with Crippen LogP contribution in [0, 0.1) is 21.4 Å². The molecule has 1 aromatic rings. The SMILES string of the molecule is CC(C)C1(CNc2ncnc(Cl)c2[N+](=O)[O-])CC1. The van der Waals surface area contributed by atoms with E-state index >= 15 is 0 Å². The molecule has 1 fully saturated rings. The molecule has 1 aliphatic rings. The molecule has 0 bridgehead atoms. The van der Waals surface area contributed by atoms with Gasteiger partial charge in [-0.2, -0.15) is 0 Å². The van der Waals surface area contributed by atoms with E-state index in [0.29, 0.717) is 12.5 Å². The number of hydrogen-bond donors (Lipinski definition) is 1. The number of aromatic nitrogens is 2. The summed E-state index contributed by atoms with van der Waals surface area (Å²) in [6.07, 6.45) is 3.52. The molecule has 6 nitrogen and oxygen atoms in total. The first-order valence-corrected chi connectivity index (χ1v) is 6.23. The van der Waals surface area contributed by atoms with Crippen LogP contribution in [0.5, 0.6) is 0 Å². The highest BCUT2D eigenvalue weighted by atomic mass is 35.5. The largest absolute Gasteiger partial charge is 0.364 e. The highest BCUT2D eigenvalue weighted by Gasteiger charge is 2.45. The van der Waals surface area contributed by atoms with Crippen LogP contribution in [0.4, 0.5) is 11.5 Å². The van der Waals surface area contributed by atoms with E-state index in [1.54, 1.807) is 0 Å². The van der Waals surface area contributed by atoms with Crippen LogP contribution in [-0.4, -0.2) is 21.4 Å². The Hall–Kier alpha value is -1.43. The van der Waals surface area contributed by atoms with Crippen molar-refractivity contribution in [2.24, 2.45) is 11.3 Å². The molecule has 0 radical (unpaired) electrons. The summed E-state index contributed by atoms with van der Waals surface area (Å²) in [5.41, 5.74) is -0.00982. The fourth-order valence-electron chi connectivity index (χ4n) is 2.03. The van der Waals surface area contributed by atoms with Gasteiger partial charge in [0.1, 0.15) is 6.33 Å². The van der Waals surface area contributed by atoms with Crippen molar-refractivity contribution in [1.29, 1.82) is 0 Å². The van der Waals surface area contributed by atoms with Crippen LogP contribution in [0.15, 0.2) is 6.33 Å². The van der Waals surface area contributed by atoms with Crippen molar-refractivity contribution in [2.75, 3.05) is 11.9 Å². The highest BCUT2D eigenvalue weighted by molar-refractivity contribution is 6.31. The third-order valence-corrected chi connectivity index (χ3v) is 3.96. The molecule has 0 amide bonds. The molecule has 1 saturated carbocycles. The van der Waals surface area contributed by atoms with Crippen LogP contribution in [-0.2, 0) is 0 Å². The molecule has 0 aromatic carbocycles. The van der Waals surface area contributed by atoms with E-state index < -0.39 is 4.92 Å². The first-order valence-electron chi connectivity index (χ1n) is 5.85. The lowest BCUT2D eigenvalue weighted by atomic mass is 9.92. The van der Waals surface area contributed by atoms with Gasteiger partial charge < -0.3 is 5.32 Å². The Kier molecular flexibility index (Phi) is 3.38. The minimum atomic E-state index is -0.556. The Balaban J connectivity index is 2.15. The summed E-state index contributed by atoms with van der Waals surface area (Å²) >= 11 is 5.72. The zero-order valence-corrected chi connectivity index (χ0v) is 11.1. The lowest BCUT2D eigenvalue weighted by Crippen LogP contribution is -2.21.